The summed E-state index contributed by atoms with van der Waals surface area (Å²) in [6.07, 6.45) is 1.58. The third-order valence-electron chi connectivity index (χ3n) is 4.43. The van der Waals surface area contributed by atoms with Gasteiger partial charge in [-0.15, -0.1) is 0 Å². The molecule has 0 unspecified atom stereocenters. The van der Waals surface area contributed by atoms with Gasteiger partial charge in [-0.05, 0) is 25.0 Å². The van der Waals surface area contributed by atoms with Crippen molar-refractivity contribution in [3.63, 3.8) is 0 Å². The SMILES string of the molecule is Cc1cc(OC2CN(C(=O)CC(C)C)C2)cc(C(=O)Cc2ccc(F)cn2)n1. The van der Waals surface area contributed by atoms with Gasteiger partial charge in [-0.1, -0.05) is 13.8 Å². The molecule has 2 aromatic heterocycles. The number of amides is 1. The van der Waals surface area contributed by atoms with Crippen LogP contribution in [0.3, 0.4) is 0 Å². The Kier molecular flexibility index (Phi) is 6.02. The molecule has 6 nitrogen and oxygen atoms in total. The molecule has 0 radical (unpaired) electrons. The first kappa shape index (κ1) is 19.9. The largest absolute Gasteiger partial charge is 0.487 e. The van der Waals surface area contributed by atoms with Crippen LogP contribution in [0.1, 0.15) is 42.1 Å². The maximum absolute atomic E-state index is 13.0. The first-order chi connectivity index (χ1) is 13.3. The molecule has 1 aliphatic rings. The summed E-state index contributed by atoms with van der Waals surface area (Å²) < 4.78 is 18.9. The Bertz CT molecular complexity index is 862. The van der Waals surface area contributed by atoms with Crippen LogP contribution in [0, 0.1) is 18.7 Å². The molecule has 28 heavy (non-hydrogen) atoms. The highest BCUT2D eigenvalue weighted by molar-refractivity contribution is 5.95. The van der Waals surface area contributed by atoms with Crippen LogP contribution in [-0.2, 0) is 11.2 Å². The number of aryl methyl sites for hydroxylation is 1. The van der Waals surface area contributed by atoms with E-state index in [1.54, 1.807) is 24.0 Å². The van der Waals surface area contributed by atoms with Crippen molar-refractivity contribution in [1.82, 2.24) is 14.9 Å². The highest BCUT2D eigenvalue weighted by atomic mass is 19.1. The van der Waals surface area contributed by atoms with Gasteiger partial charge in [0.15, 0.2) is 5.78 Å². The van der Waals surface area contributed by atoms with Crippen LogP contribution >= 0.6 is 0 Å². The van der Waals surface area contributed by atoms with E-state index in [1.165, 1.54) is 12.1 Å². The zero-order chi connectivity index (χ0) is 20.3. The monoisotopic (exact) mass is 385 g/mol. The summed E-state index contributed by atoms with van der Waals surface area (Å²) in [5, 5.41) is 0. The molecule has 1 aliphatic heterocycles. The summed E-state index contributed by atoms with van der Waals surface area (Å²) >= 11 is 0. The lowest BCUT2D eigenvalue weighted by molar-refractivity contribution is -0.140. The number of hydrogen-bond acceptors (Lipinski definition) is 5. The van der Waals surface area contributed by atoms with Crippen LogP contribution in [0.15, 0.2) is 30.5 Å². The molecule has 0 atom stereocenters. The van der Waals surface area contributed by atoms with E-state index in [2.05, 4.69) is 9.97 Å². The lowest BCUT2D eigenvalue weighted by Crippen LogP contribution is -2.56. The first-order valence-corrected chi connectivity index (χ1v) is 9.37. The van der Waals surface area contributed by atoms with Crippen molar-refractivity contribution in [1.29, 1.82) is 0 Å². The second kappa shape index (κ2) is 8.46. The van der Waals surface area contributed by atoms with Gasteiger partial charge in [-0.3, -0.25) is 14.6 Å². The van der Waals surface area contributed by atoms with Crippen molar-refractivity contribution in [2.75, 3.05) is 13.1 Å². The Labute approximate surface area is 163 Å². The van der Waals surface area contributed by atoms with Gasteiger partial charge >= 0.3 is 0 Å². The number of ether oxygens (including phenoxy) is 1. The molecule has 0 bridgehead atoms. The fraction of sp³-hybridized carbons (Fsp3) is 0.429. The fourth-order valence-electron chi connectivity index (χ4n) is 3.00. The van der Waals surface area contributed by atoms with E-state index in [9.17, 15) is 14.0 Å². The van der Waals surface area contributed by atoms with E-state index >= 15 is 0 Å². The molecule has 1 amide bonds. The topological polar surface area (TPSA) is 72.4 Å². The summed E-state index contributed by atoms with van der Waals surface area (Å²) in [6, 6.07) is 6.14. The van der Waals surface area contributed by atoms with Crippen molar-refractivity contribution >= 4 is 11.7 Å². The van der Waals surface area contributed by atoms with Gasteiger partial charge in [-0.25, -0.2) is 9.37 Å². The quantitative estimate of drug-likeness (QED) is 0.685. The lowest BCUT2D eigenvalue weighted by atomic mass is 10.1. The number of aromatic nitrogens is 2. The number of rotatable bonds is 7. The minimum absolute atomic E-state index is 0.0388. The fourth-order valence-corrected chi connectivity index (χ4v) is 3.00. The molecular formula is C21H24FN3O3. The van der Waals surface area contributed by atoms with Crippen LogP contribution in [-0.4, -0.2) is 45.8 Å². The van der Waals surface area contributed by atoms with Gasteiger partial charge < -0.3 is 9.64 Å². The predicted octanol–water partition coefficient (Wildman–Crippen LogP) is 2.99. The Morgan fingerprint density at radius 1 is 1.29 bits per heavy atom. The second-order valence-corrected chi connectivity index (χ2v) is 7.53. The first-order valence-electron chi connectivity index (χ1n) is 9.37. The predicted molar refractivity (Wildman–Crippen MR) is 102 cm³/mol. The number of ketones is 1. The van der Waals surface area contributed by atoms with Gasteiger partial charge in [0.2, 0.25) is 5.91 Å². The summed E-state index contributed by atoms with van der Waals surface area (Å²) in [7, 11) is 0. The van der Waals surface area contributed by atoms with Crippen LogP contribution in [0.25, 0.3) is 0 Å². The van der Waals surface area contributed by atoms with E-state index in [4.69, 9.17) is 4.74 Å². The molecule has 7 heteroatoms. The van der Waals surface area contributed by atoms with Gasteiger partial charge in [0.1, 0.15) is 23.4 Å². The molecule has 148 valence electrons. The average Bonchev–Trinajstić information content (AvgIpc) is 2.58. The van der Waals surface area contributed by atoms with E-state index in [1.807, 2.05) is 13.8 Å². The Balaban J connectivity index is 1.60. The number of halogens is 1. The molecule has 1 fully saturated rings. The van der Waals surface area contributed by atoms with E-state index < -0.39 is 5.82 Å². The minimum Gasteiger partial charge on any atom is -0.487 e. The highest BCUT2D eigenvalue weighted by Crippen LogP contribution is 2.22. The number of nitrogens with zero attached hydrogens (tertiary/aromatic N) is 3. The number of carbonyl (C=O) groups is 2. The average molecular weight is 385 g/mol. The van der Waals surface area contributed by atoms with Crippen molar-refractivity contribution in [2.45, 2.75) is 39.7 Å². The van der Waals surface area contributed by atoms with Crippen molar-refractivity contribution < 1.29 is 18.7 Å². The zero-order valence-electron chi connectivity index (χ0n) is 16.3. The van der Waals surface area contributed by atoms with Gasteiger partial charge in [0.05, 0.1) is 25.7 Å². The van der Waals surface area contributed by atoms with E-state index in [0.717, 1.165) is 6.20 Å². The van der Waals surface area contributed by atoms with Crippen molar-refractivity contribution in [2.24, 2.45) is 5.92 Å². The molecule has 1 saturated heterocycles. The Morgan fingerprint density at radius 3 is 2.68 bits per heavy atom. The van der Waals surface area contributed by atoms with Gasteiger partial charge in [-0.2, -0.15) is 0 Å². The number of pyridine rings is 2. The summed E-state index contributed by atoms with van der Waals surface area (Å²) in [4.78, 5) is 34.5. The van der Waals surface area contributed by atoms with Crippen LogP contribution in [0.4, 0.5) is 4.39 Å². The maximum Gasteiger partial charge on any atom is 0.223 e. The number of hydrogen-bond donors (Lipinski definition) is 0. The number of likely N-dealkylation sites (tertiary alicyclic amines) is 1. The highest BCUT2D eigenvalue weighted by Gasteiger charge is 2.32. The molecule has 3 heterocycles. The maximum atomic E-state index is 13.0. The minimum atomic E-state index is -0.443. The number of carbonyl (C=O) groups excluding carboxylic acids is 2. The molecule has 0 aliphatic carbocycles. The smallest absolute Gasteiger partial charge is 0.223 e. The Hall–Kier alpha value is -2.83. The third kappa shape index (κ3) is 5.12. The molecule has 0 saturated carbocycles. The van der Waals surface area contributed by atoms with Crippen LogP contribution in [0.2, 0.25) is 0 Å². The van der Waals surface area contributed by atoms with Gasteiger partial charge in [0.25, 0.3) is 0 Å². The van der Waals surface area contributed by atoms with Crippen molar-refractivity contribution in [3.05, 3.63) is 53.4 Å². The third-order valence-corrected chi connectivity index (χ3v) is 4.43. The molecule has 0 spiro atoms. The zero-order valence-corrected chi connectivity index (χ0v) is 16.3. The standard InChI is InChI=1S/C21H24FN3O3/c1-13(2)6-21(27)25-11-18(12-25)28-17-7-14(3)24-19(9-17)20(26)8-16-5-4-15(22)10-23-16/h4-5,7,9-10,13,18H,6,8,11-12H2,1-3H3. The number of Topliss-reactive ketones (excluding diaryl/α,β-unsaturated/α-hetero) is 1. The van der Waals surface area contributed by atoms with E-state index in [-0.39, 0.29) is 29.9 Å². The van der Waals surface area contributed by atoms with Crippen LogP contribution < -0.4 is 4.74 Å². The summed E-state index contributed by atoms with van der Waals surface area (Å²) in [6.45, 7) is 6.93. The molecule has 2 aromatic rings. The van der Waals surface area contributed by atoms with Crippen molar-refractivity contribution in [3.8, 4) is 5.75 Å². The Morgan fingerprint density at radius 2 is 2.04 bits per heavy atom. The summed E-state index contributed by atoms with van der Waals surface area (Å²) in [5.41, 5.74) is 1.43. The molecular weight excluding hydrogens is 361 g/mol. The van der Waals surface area contributed by atoms with E-state index in [0.29, 0.717) is 42.6 Å². The molecule has 0 aromatic carbocycles. The normalized spacial score (nSPS) is 14.1. The summed E-state index contributed by atoms with van der Waals surface area (Å²) in [5.74, 6) is 0.378. The van der Waals surface area contributed by atoms with Crippen LogP contribution in [0.5, 0.6) is 5.75 Å². The lowest BCUT2D eigenvalue weighted by Gasteiger charge is -2.39. The molecule has 0 N–H and O–H groups in total. The van der Waals surface area contributed by atoms with Gasteiger partial charge in [0, 0.05) is 29.9 Å². The second-order valence-electron chi connectivity index (χ2n) is 7.53. The molecule has 3 rings (SSSR count).